The van der Waals surface area contributed by atoms with Gasteiger partial charge in [-0.3, -0.25) is 9.59 Å². The largest absolute Gasteiger partial charge is 0.417 e. The van der Waals surface area contributed by atoms with Crippen LogP contribution in [0.4, 0.5) is 18.9 Å². The number of nitrogens with zero attached hydrogens (tertiary/aromatic N) is 1. The van der Waals surface area contributed by atoms with Crippen molar-refractivity contribution in [3.63, 3.8) is 0 Å². The molecular weight excluding hydrogens is 464 g/mol. The Hall–Kier alpha value is -1.96. The predicted octanol–water partition coefficient (Wildman–Crippen LogP) is 6.16. The Kier molecular flexibility index (Phi) is 6.84. The van der Waals surface area contributed by atoms with E-state index in [0.29, 0.717) is 36.5 Å². The molecule has 3 rings (SSSR count). The average molecular weight is 480 g/mol. The summed E-state index contributed by atoms with van der Waals surface area (Å²) in [6, 6.07) is 7.82. The van der Waals surface area contributed by atoms with Gasteiger partial charge in [0.15, 0.2) is 0 Å². The quantitative estimate of drug-likeness (QED) is 0.573. The van der Waals surface area contributed by atoms with Crippen LogP contribution in [0.5, 0.6) is 0 Å². The Morgan fingerprint density at radius 2 is 1.63 bits per heavy atom. The summed E-state index contributed by atoms with van der Waals surface area (Å²) in [6.45, 7) is 0.647. The first-order valence-electron chi connectivity index (χ1n) is 8.98. The number of carbonyl (C=O) groups excluding carboxylic acids is 2. The molecular formula is C20H16Cl3F3N2O2. The van der Waals surface area contributed by atoms with Gasteiger partial charge in [-0.2, -0.15) is 13.2 Å². The summed E-state index contributed by atoms with van der Waals surface area (Å²) in [5, 5.41) is 2.73. The topological polar surface area (TPSA) is 49.4 Å². The molecule has 160 valence electrons. The van der Waals surface area contributed by atoms with Gasteiger partial charge in [-0.15, -0.1) is 0 Å². The molecule has 0 aromatic heterocycles. The van der Waals surface area contributed by atoms with Crippen molar-refractivity contribution in [1.82, 2.24) is 4.90 Å². The number of hydrogen-bond acceptors (Lipinski definition) is 2. The van der Waals surface area contributed by atoms with Gasteiger partial charge in [-0.1, -0.05) is 34.8 Å². The summed E-state index contributed by atoms with van der Waals surface area (Å²) < 4.78 is 38.9. The van der Waals surface area contributed by atoms with Crippen LogP contribution < -0.4 is 5.32 Å². The molecule has 30 heavy (non-hydrogen) atoms. The van der Waals surface area contributed by atoms with E-state index < -0.39 is 28.6 Å². The standard InChI is InChI=1S/C20H16Cl3F3N2O2/c21-12-1-3-14(17(23)9-12)19(30)28-7-5-11(6-8-28)18(29)27-13-2-4-16(22)15(10-13)20(24,25)26/h1-4,9-11H,5-8H2,(H,27,29). The Morgan fingerprint density at radius 3 is 2.23 bits per heavy atom. The van der Waals surface area contributed by atoms with Crippen LogP contribution in [-0.4, -0.2) is 29.8 Å². The van der Waals surface area contributed by atoms with Crippen molar-refractivity contribution in [2.75, 3.05) is 18.4 Å². The second-order valence-electron chi connectivity index (χ2n) is 6.87. The predicted molar refractivity (Wildman–Crippen MR) is 110 cm³/mol. The van der Waals surface area contributed by atoms with Crippen LogP contribution in [0.15, 0.2) is 36.4 Å². The average Bonchev–Trinajstić information content (AvgIpc) is 2.68. The summed E-state index contributed by atoms with van der Waals surface area (Å²) in [5.74, 6) is -1.09. The van der Waals surface area contributed by atoms with Crippen LogP contribution in [-0.2, 0) is 11.0 Å². The molecule has 0 atom stereocenters. The van der Waals surface area contributed by atoms with Crippen LogP contribution in [0.3, 0.4) is 0 Å². The number of anilines is 1. The molecule has 2 amide bonds. The fourth-order valence-corrected chi connectivity index (χ4v) is 3.96. The van der Waals surface area contributed by atoms with Gasteiger partial charge in [0, 0.05) is 29.7 Å². The smallest absolute Gasteiger partial charge is 0.339 e. The van der Waals surface area contributed by atoms with Gasteiger partial charge < -0.3 is 10.2 Å². The summed E-state index contributed by atoms with van der Waals surface area (Å²) >= 11 is 17.5. The van der Waals surface area contributed by atoms with Gasteiger partial charge in [0.2, 0.25) is 5.91 Å². The van der Waals surface area contributed by atoms with E-state index in [1.807, 2.05) is 0 Å². The highest BCUT2D eigenvalue weighted by atomic mass is 35.5. The van der Waals surface area contributed by atoms with Gasteiger partial charge >= 0.3 is 6.18 Å². The maximum Gasteiger partial charge on any atom is 0.417 e. The van der Waals surface area contributed by atoms with E-state index in [0.717, 1.165) is 12.1 Å². The summed E-state index contributed by atoms with van der Waals surface area (Å²) in [6.07, 6.45) is -3.86. The SMILES string of the molecule is O=C(Nc1ccc(Cl)c(C(F)(F)F)c1)C1CCN(C(=O)c2ccc(Cl)cc2Cl)CC1. The lowest BCUT2D eigenvalue weighted by atomic mass is 9.95. The minimum Gasteiger partial charge on any atom is -0.339 e. The number of benzene rings is 2. The number of halogens is 6. The zero-order valence-electron chi connectivity index (χ0n) is 15.4. The first kappa shape index (κ1) is 22.7. The number of alkyl halides is 3. The Morgan fingerprint density at radius 1 is 0.967 bits per heavy atom. The van der Waals surface area contributed by atoms with Gasteiger partial charge in [0.25, 0.3) is 5.91 Å². The van der Waals surface area contributed by atoms with E-state index >= 15 is 0 Å². The van der Waals surface area contributed by atoms with Gasteiger partial charge in [0.05, 0.1) is 21.2 Å². The van der Waals surface area contributed by atoms with Crippen molar-refractivity contribution in [2.24, 2.45) is 5.92 Å². The van der Waals surface area contributed by atoms with Crippen LogP contribution in [0.2, 0.25) is 15.1 Å². The number of rotatable bonds is 3. The van der Waals surface area contributed by atoms with Crippen molar-refractivity contribution in [3.05, 3.63) is 62.6 Å². The van der Waals surface area contributed by atoms with Gasteiger partial charge in [-0.25, -0.2) is 0 Å². The molecule has 2 aromatic carbocycles. The zero-order valence-corrected chi connectivity index (χ0v) is 17.7. The normalized spacial score (nSPS) is 15.2. The number of carbonyl (C=O) groups is 2. The molecule has 0 spiro atoms. The van der Waals surface area contributed by atoms with E-state index in [1.165, 1.54) is 12.1 Å². The van der Waals surface area contributed by atoms with Crippen LogP contribution in [0, 0.1) is 5.92 Å². The van der Waals surface area contributed by atoms with E-state index in [4.69, 9.17) is 34.8 Å². The third-order valence-electron chi connectivity index (χ3n) is 4.85. The molecule has 1 aliphatic rings. The fraction of sp³-hybridized carbons (Fsp3) is 0.300. The minimum absolute atomic E-state index is 0.0168. The first-order valence-corrected chi connectivity index (χ1v) is 10.1. The second-order valence-corrected chi connectivity index (χ2v) is 8.12. The lowest BCUT2D eigenvalue weighted by Gasteiger charge is -2.31. The molecule has 1 heterocycles. The van der Waals surface area contributed by atoms with Gasteiger partial charge in [-0.05, 0) is 49.2 Å². The summed E-state index contributed by atoms with van der Waals surface area (Å²) in [5.41, 5.74) is -0.671. The maximum absolute atomic E-state index is 13.0. The van der Waals surface area contributed by atoms with Crippen molar-refractivity contribution in [1.29, 1.82) is 0 Å². The highest BCUT2D eigenvalue weighted by molar-refractivity contribution is 6.36. The third kappa shape index (κ3) is 5.20. The first-order chi connectivity index (χ1) is 14.1. The number of nitrogens with one attached hydrogen (secondary N) is 1. The molecule has 4 nitrogen and oxygen atoms in total. The van der Waals surface area contributed by atoms with E-state index in [1.54, 1.807) is 17.0 Å². The highest BCUT2D eigenvalue weighted by Crippen LogP contribution is 2.36. The molecule has 0 unspecified atom stereocenters. The van der Waals surface area contributed by atoms with Crippen molar-refractivity contribution in [2.45, 2.75) is 19.0 Å². The number of likely N-dealkylation sites (tertiary alicyclic amines) is 1. The molecule has 1 fully saturated rings. The molecule has 1 N–H and O–H groups in total. The van der Waals surface area contributed by atoms with Crippen LogP contribution in [0.1, 0.15) is 28.8 Å². The monoisotopic (exact) mass is 478 g/mol. The Bertz CT molecular complexity index is 974. The molecule has 10 heteroatoms. The van der Waals surface area contributed by atoms with E-state index in [-0.39, 0.29) is 16.6 Å². The van der Waals surface area contributed by atoms with Crippen molar-refractivity contribution in [3.8, 4) is 0 Å². The molecule has 0 aliphatic carbocycles. The van der Waals surface area contributed by atoms with Gasteiger partial charge in [0.1, 0.15) is 0 Å². The fourth-order valence-electron chi connectivity index (χ4n) is 3.24. The summed E-state index contributed by atoms with van der Waals surface area (Å²) in [7, 11) is 0. The minimum atomic E-state index is -4.62. The lowest BCUT2D eigenvalue weighted by Crippen LogP contribution is -2.41. The summed E-state index contributed by atoms with van der Waals surface area (Å²) in [4.78, 5) is 26.7. The second kappa shape index (κ2) is 9.04. The molecule has 0 radical (unpaired) electrons. The Labute approximate surface area is 185 Å². The Balaban J connectivity index is 1.61. The third-order valence-corrected chi connectivity index (χ3v) is 5.73. The number of amides is 2. The molecule has 0 bridgehead atoms. The van der Waals surface area contributed by atoms with E-state index in [2.05, 4.69) is 5.32 Å². The molecule has 0 saturated carbocycles. The maximum atomic E-state index is 13.0. The molecule has 2 aromatic rings. The van der Waals surface area contributed by atoms with Crippen LogP contribution >= 0.6 is 34.8 Å². The van der Waals surface area contributed by atoms with E-state index in [9.17, 15) is 22.8 Å². The van der Waals surface area contributed by atoms with Crippen LogP contribution in [0.25, 0.3) is 0 Å². The lowest BCUT2D eigenvalue weighted by molar-refractivity contribution is -0.137. The number of piperidine rings is 1. The molecule has 1 saturated heterocycles. The highest BCUT2D eigenvalue weighted by Gasteiger charge is 2.34. The van der Waals surface area contributed by atoms with Crippen molar-refractivity contribution < 1.29 is 22.8 Å². The molecule has 1 aliphatic heterocycles. The number of hydrogen-bond donors (Lipinski definition) is 1. The zero-order chi connectivity index (χ0) is 22.1. The van der Waals surface area contributed by atoms with Crippen molar-refractivity contribution >= 4 is 52.3 Å².